The number of urea groups is 1. The summed E-state index contributed by atoms with van der Waals surface area (Å²) < 4.78 is 0. The second-order valence-electron chi connectivity index (χ2n) is 19.3. The minimum absolute atomic E-state index is 0.00926. The molecule has 0 bridgehead atoms. The molecule has 70 heavy (non-hydrogen) atoms. The fraction of sp³-hybridized carbons (Fsp3) is 0.882. The lowest BCUT2D eigenvalue weighted by molar-refractivity contribution is -0.124. The van der Waals surface area contributed by atoms with Crippen LogP contribution in [0.25, 0.3) is 0 Å². The lowest BCUT2D eigenvalue weighted by Gasteiger charge is -2.04. The number of carbonyl (C=O) groups is 6. The van der Waals surface area contributed by atoms with Crippen molar-refractivity contribution in [3.8, 4) is 0 Å². The number of aliphatic hydroxyl groups is 2. The van der Waals surface area contributed by atoms with E-state index < -0.39 is 12.6 Å². The van der Waals surface area contributed by atoms with Crippen LogP contribution in [-0.2, 0) is 24.0 Å². The molecule has 7 amide bonds. The minimum atomic E-state index is -0.463. The van der Waals surface area contributed by atoms with Crippen molar-refractivity contribution in [3.63, 3.8) is 0 Å². The van der Waals surface area contributed by atoms with Crippen molar-refractivity contribution in [2.75, 3.05) is 26.7 Å². The predicted molar refractivity (Wildman–Crippen MR) is 303 cm³/mol. The lowest BCUT2D eigenvalue weighted by atomic mass is 10.2. The Bertz CT molecular complexity index is 971. The van der Waals surface area contributed by atoms with Crippen LogP contribution in [0.4, 0.5) is 4.79 Å². The van der Waals surface area contributed by atoms with Crippen LogP contribution >= 0.6 is 0 Å². The van der Waals surface area contributed by atoms with Crippen LogP contribution in [0.3, 0.4) is 0 Å². The van der Waals surface area contributed by atoms with Crippen LogP contribution in [0.2, 0.25) is 0 Å². The molecule has 0 aromatic carbocycles. The molecular weight excluding hydrogens is 895 g/mol. The molecule has 0 aromatic heterocycles. The first-order valence-electron chi connectivity index (χ1n) is 25.1. The van der Waals surface area contributed by atoms with Crippen LogP contribution in [0.1, 0.15) is 200 Å². The smallest absolute Gasteiger partial charge is 0.312 e. The fourth-order valence-corrected chi connectivity index (χ4v) is 1.98. The number of amides is 7. The van der Waals surface area contributed by atoms with E-state index in [0.717, 1.165) is 18.4 Å². The average molecular weight is 1020 g/mol. The summed E-state index contributed by atoms with van der Waals surface area (Å²) in [4.78, 5) is 60.1. The number of aliphatic hydroxyl groups excluding tert-OH is 2. The molecule has 0 aliphatic heterocycles. The fourth-order valence-electron chi connectivity index (χ4n) is 1.98. The average Bonchev–Trinajstić information content (AvgIpc) is 3.14. The quantitative estimate of drug-likeness (QED) is 0.0958. The monoisotopic (exact) mass is 1020 g/mol. The highest BCUT2D eigenvalue weighted by molar-refractivity contribution is 5.78. The normalized spacial score (nSPS) is 9.27. The van der Waals surface area contributed by atoms with Gasteiger partial charge in [0.15, 0.2) is 0 Å². The summed E-state index contributed by atoms with van der Waals surface area (Å²) in [5.74, 6) is 1.09. The number of rotatable bonds is 13. The number of hydrogen-bond acceptors (Lipinski definition) is 12. The van der Waals surface area contributed by atoms with Crippen molar-refractivity contribution < 1.29 is 39.0 Å². The third kappa shape index (κ3) is 280. The summed E-state index contributed by atoms with van der Waals surface area (Å²) in [5, 5.41) is 35.2. The molecule has 0 saturated heterocycles. The molecule has 0 unspecified atom stereocenters. The molecule has 0 aliphatic rings. The molecule has 0 radical (unpaired) electrons. The van der Waals surface area contributed by atoms with Crippen molar-refractivity contribution in [1.29, 1.82) is 0 Å². The van der Waals surface area contributed by atoms with Gasteiger partial charge in [0.1, 0.15) is 6.61 Å². The zero-order chi connectivity index (χ0) is 59.3. The first-order chi connectivity index (χ1) is 31.5. The van der Waals surface area contributed by atoms with Gasteiger partial charge in [-0.15, -0.1) is 0 Å². The summed E-state index contributed by atoms with van der Waals surface area (Å²) in [6.07, 6.45) is 1.84. The minimum Gasteiger partial charge on any atom is -0.394 e. The lowest BCUT2D eigenvalue weighted by Crippen LogP contribution is -2.35. The van der Waals surface area contributed by atoms with Gasteiger partial charge in [0, 0.05) is 61.2 Å². The third-order valence-electron chi connectivity index (χ3n) is 5.13. The Labute approximate surface area is 433 Å². The summed E-state index contributed by atoms with van der Waals surface area (Å²) in [7, 11) is 1.95. The first kappa shape index (κ1) is 96.0. The van der Waals surface area contributed by atoms with E-state index in [4.69, 9.17) is 33.1 Å². The van der Waals surface area contributed by atoms with Gasteiger partial charge in [-0.1, -0.05) is 110 Å². The van der Waals surface area contributed by atoms with Crippen LogP contribution in [0.5, 0.6) is 0 Å². The van der Waals surface area contributed by atoms with Gasteiger partial charge < -0.3 is 70.4 Å². The van der Waals surface area contributed by atoms with E-state index in [2.05, 4.69) is 113 Å². The van der Waals surface area contributed by atoms with Crippen molar-refractivity contribution >= 4 is 36.1 Å². The standard InChI is InChI=1S/C5H12N2O.C5H11NO2.C5H11NO.C5H13N.C5H12.C4H10N2O.2C4H9NO.C4H11N.C4H10.C3H9N.C3H8O/c1-4(2)7-5(8)3-6;1-4(2)6-5(8)3-7;1-4(2)6-5(3)7;1-4-6-5(2)3;1-4-5(2)3;1-3(2)6-4(5)7;1-4(2)5-3-6;1-3(2)4(5)6;1-4(2)5-3;1-4(2)3;2*1-3(2)4/h4H,3,6H2,1-2H3,(H,7,8);4,7H,3H2,1-2H3,(H,6,8);4H,1-3H3,(H,6,7);5-6H,4H2,1-3H3;5H,4H2,1-3H3;3H,1-2H3,(H3,5,6,7);3-4H,1-2H3,(H,5,6);3H,1-2H3,(H2,5,6);4-5H,1-3H3;4H,1-3H3;3H,4H2,1-2H3;3-4H,1-2H3. The highest BCUT2D eigenvalue weighted by Crippen LogP contribution is 1.94. The van der Waals surface area contributed by atoms with Crippen LogP contribution in [-0.4, -0.2) is 127 Å². The SMILES string of the molecule is CC(=O)NC(C)C.CC(C)C.CC(C)C(N)=O.CC(C)N.CC(C)NC(=O)CN.CC(C)NC(=O)CO.CC(C)NC(N)=O.CC(C)NC=O.CC(C)O.CCC(C)C.CCNC(C)C.CNC(C)C. The van der Waals surface area contributed by atoms with E-state index in [1.165, 1.54) is 13.3 Å². The zero-order valence-electron chi connectivity index (χ0n) is 51.0. The molecule has 0 fully saturated rings. The molecule has 17 N–H and O–H groups in total. The second kappa shape index (κ2) is 76.9. The maximum atomic E-state index is 10.4. The molecule has 19 heteroatoms. The van der Waals surface area contributed by atoms with Gasteiger partial charge >= 0.3 is 6.03 Å². The van der Waals surface area contributed by atoms with E-state index in [9.17, 15) is 28.8 Å². The number of nitrogens with one attached hydrogen (secondary N) is 7. The van der Waals surface area contributed by atoms with Crippen LogP contribution in [0, 0.1) is 17.8 Å². The number of carbonyl (C=O) groups excluding carboxylic acids is 6. The molecular formula is C51H125N11O8. The van der Waals surface area contributed by atoms with E-state index >= 15 is 0 Å². The Morgan fingerprint density at radius 1 is 0.557 bits per heavy atom. The molecule has 0 spiro atoms. The zero-order valence-corrected chi connectivity index (χ0v) is 51.0. The molecule has 0 aromatic rings. The Hall–Kier alpha value is -3.62. The Morgan fingerprint density at radius 2 is 0.829 bits per heavy atom. The Kier molecular flexibility index (Phi) is 105. The van der Waals surface area contributed by atoms with Gasteiger partial charge in [-0.25, -0.2) is 4.79 Å². The summed E-state index contributed by atoms with van der Waals surface area (Å²) in [6.45, 7) is 55.7. The van der Waals surface area contributed by atoms with Gasteiger partial charge in [-0.3, -0.25) is 24.0 Å². The third-order valence-corrected chi connectivity index (χ3v) is 5.13. The Morgan fingerprint density at radius 3 is 0.857 bits per heavy atom. The molecule has 19 nitrogen and oxygen atoms in total. The molecule has 0 rings (SSSR count). The predicted octanol–water partition coefficient (Wildman–Crippen LogP) is 5.91. The van der Waals surface area contributed by atoms with Gasteiger partial charge in [-0.05, 0) is 115 Å². The van der Waals surface area contributed by atoms with Gasteiger partial charge in [0.05, 0.1) is 6.54 Å². The van der Waals surface area contributed by atoms with E-state index in [1.54, 1.807) is 27.7 Å². The van der Waals surface area contributed by atoms with E-state index in [0.29, 0.717) is 24.5 Å². The number of primary amides is 2. The largest absolute Gasteiger partial charge is 0.394 e. The second-order valence-corrected chi connectivity index (χ2v) is 19.3. The maximum Gasteiger partial charge on any atom is 0.312 e. The van der Waals surface area contributed by atoms with Gasteiger partial charge in [0.2, 0.25) is 30.0 Å². The van der Waals surface area contributed by atoms with Crippen molar-refractivity contribution in [3.05, 3.63) is 0 Å². The van der Waals surface area contributed by atoms with Gasteiger partial charge in [0.25, 0.3) is 0 Å². The summed E-state index contributed by atoms with van der Waals surface area (Å²) in [6, 6.07) is 2.18. The highest BCUT2D eigenvalue weighted by Gasteiger charge is 1.98. The molecule has 0 saturated carbocycles. The molecule has 0 atom stereocenters. The van der Waals surface area contributed by atoms with Crippen molar-refractivity contribution in [2.24, 2.45) is 40.7 Å². The van der Waals surface area contributed by atoms with Crippen LogP contribution < -0.4 is 60.2 Å². The molecule has 432 valence electrons. The number of hydrogen-bond donors (Lipinski definition) is 13. The topological polar surface area (TPSA) is 331 Å². The van der Waals surface area contributed by atoms with Gasteiger partial charge in [-0.2, -0.15) is 0 Å². The number of nitrogens with two attached hydrogens (primary N) is 4. The summed E-state index contributed by atoms with van der Waals surface area (Å²) >= 11 is 0. The summed E-state index contributed by atoms with van der Waals surface area (Å²) in [5.41, 5.74) is 19.7. The van der Waals surface area contributed by atoms with Crippen molar-refractivity contribution in [2.45, 2.75) is 255 Å². The van der Waals surface area contributed by atoms with Crippen LogP contribution in [0.15, 0.2) is 0 Å². The first-order valence-corrected chi connectivity index (χ1v) is 25.1. The van der Waals surface area contributed by atoms with Crippen molar-refractivity contribution in [1.82, 2.24) is 37.2 Å². The van der Waals surface area contributed by atoms with E-state index in [1.807, 2.05) is 90.1 Å². The van der Waals surface area contributed by atoms with E-state index in [-0.39, 0.29) is 72.4 Å². The molecule has 0 aliphatic carbocycles. The molecule has 0 heterocycles. The Balaban J connectivity index is -0.0000000528. The highest BCUT2D eigenvalue weighted by atomic mass is 16.3. The maximum absolute atomic E-state index is 10.4.